The predicted octanol–water partition coefficient (Wildman–Crippen LogP) is 4.62. The Morgan fingerprint density at radius 2 is 1.40 bits per heavy atom. The van der Waals surface area contributed by atoms with Crippen LogP contribution in [0, 0.1) is 40.9 Å². The van der Waals surface area contributed by atoms with E-state index >= 15 is 0 Å². The molecule has 6 heteroatoms. The van der Waals surface area contributed by atoms with E-state index in [0.29, 0.717) is 12.3 Å². The van der Waals surface area contributed by atoms with Crippen molar-refractivity contribution < 1.29 is 22.0 Å². The van der Waals surface area contributed by atoms with Crippen molar-refractivity contribution >= 4 is 5.69 Å². The molecule has 1 nitrogen and oxygen atoms in total. The molecule has 1 aromatic carbocycles. The number of benzene rings is 1. The molecule has 2 rings (SSSR count). The standard InChI is InChI=1S/C14H16F5N/c1-3-7-4-5-8(6(7)2)20-14-12(18)10(16)9(15)11(17)13(14)19/h6-8,20H,3-5H2,1-2H3. The van der Waals surface area contributed by atoms with Crippen molar-refractivity contribution in [1.82, 2.24) is 0 Å². The molecule has 0 saturated heterocycles. The lowest BCUT2D eigenvalue weighted by atomic mass is 9.93. The van der Waals surface area contributed by atoms with Gasteiger partial charge in [0.2, 0.25) is 5.82 Å². The van der Waals surface area contributed by atoms with E-state index in [9.17, 15) is 22.0 Å². The maximum Gasteiger partial charge on any atom is 0.200 e. The summed E-state index contributed by atoms with van der Waals surface area (Å²) in [5.41, 5.74) is -0.921. The lowest BCUT2D eigenvalue weighted by molar-refractivity contribution is 0.373. The molecule has 3 atom stereocenters. The second kappa shape index (κ2) is 5.58. The van der Waals surface area contributed by atoms with Gasteiger partial charge in [0.1, 0.15) is 5.69 Å². The molecular weight excluding hydrogens is 277 g/mol. The van der Waals surface area contributed by atoms with Crippen LogP contribution in [0.1, 0.15) is 33.1 Å². The summed E-state index contributed by atoms with van der Waals surface area (Å²) in [7, 11) is 0. The summed E-state index contributed by atoms with van der Waals surface area (Å²) in [4.78, 5) is 0. The highest BCUT2D eigenvalue weighted by molar-refractivity contribution is 5.48. The normalized spacial score (nSPS) is 26.1. The minimum absolute atomic E-state index is 0.120. The molecule has 1 saturated carbocycles. The highest BCUT2D eigenvalue weighted by atomic mass is 19.2. The highest BCUT2D eigenvalue weighted by Gasteiger charge is 2.34. The first kappa shape index (κ1) is 15.1. The Kier molecular flexibility index (Phi) is 4.20. The fourth-order valence-electron chi connectivity index (χ4n) is 2.94. The largest absolute Gasteiger partial charge is 0.377 e. The zero-order valence-electron chi connectivity index (χ0n) is 11.2. The first-order chi connectivity index (χ1) is 9.38. The maximum atomic E-state index is 13.6. The highest BCUT2D eigenvalue weighted by Crippen LogP contribution is 2.37. The number of anilines is 1. The van der Waals surface area contributed by atoms with Crippen LogP contribution < -0.4 is 5.32 Å². The van der Waals surface area contributed by atoms with E-state index in [2.05, 4.69) is 5.32 Å². The van der Waals surface area contributed by atoms with Gasteiger partial charge in [-0.3, -0.25) is 0 Å². The van der Waals surface area contributed by atoms with Crippen molar-refractivity contribution in [3.05, 3.63) is 29.1 Å². The average molecular weight is 293 g/mol. The molecule has 0 aromatic heterocycles. The van der Waals surface area contributed by atoms with Gasteiger partial charge in [-0.15, -0.1) is 0 Å². The first-order valence-electron chi connectivity index (χ1n) is 6.66. The van der Waals surface area contributed by atoms with Crippen molar-refractivity contribution in [2.75, 3.05) is 5.32 Å². The Morgan fingerprint density at radius 3 is 1.85 bits per heavy atom. The van der Waals surface area contributed by atoms with Crippen LogP contribution >= 0.6 is 0 Å². The molecule has 1 aromatic rings. The van der Waals surface area contributed by atoms with Gasteiger partial charge in [0.25, 0.3) is 0 Å². The van der Waals surface area contributed by atoms with E-state index in [1.165, 1.54) is 0 Å². The van der Waals surface area contributed by atoms with E-state index in [4.69, 9.17) is 0 Å². The van der Waals surface area contributed by atoms with Crippen molar-refractivity contribution in [2.24, 2.45) is 11.8 Å². The van der Waals surface area contributed by atoms with Gasteiger partial charge in [-0.2, -0.15) is 0 Å². The van der Waals surface area contributed by atoms with Gasteiger partial charge < -0.3 is 5.32 Å². The molecule has 0 radical (unpaired) electrons. The Balaban J connectivity index is 2.31. The maximum absolute atomic E-state index is 13.6. The molecule has 0 spiro atoms. The summed E-state index contributed by atoms with van der Waals surface area (Å²) in [6.45, 7) is 3.94. The third-order valence-electron chi connectivity index (χ3n) is 4.29. The molecule has 0 amide bonds. The molecule has 0 bridgehead atoms. The lowest BCUT2D eigenvalue weighted by Crippen LogP contribution is -2.26. The van der Waals surface area contributed by atoms with Crippen LogP contribution in [0.4, 0.5) is 27.6 Å². The van der Waals surface area contributed by atoms with Gasteiger partial charge in [0.05, 0.1) is 0 Å². The fourth-order valence-corrected chi connectivity index (χ4v) is 2.94. The molecule has 20 heavy (non-hydrogen) atoms. The second-order valence-electron chi connectivity index (χ2n) is 5.30. The monoisotopic (exact) mass is 293 g/mol. The summed E-state index contributed by atoms with van der Waals surface area (Å²) >= 11 is 0. The van der Waals surface area contributed by atoms with Gasteiger partial charge in [-0.05, 0) is 24.7 Å². The van der Waals surface area contributed by atoms with Crippen molar-refractivity contribution in [3.63, 3.8) is 0 Å². The van der Waals surface area contributed by atoms with Crippen LogP contribution in [-0.4, -0.2) is 6.04 Å². The first-order valence-corrected chi connectivity index (χ1v) is 6.66. The van der Waals surface area contributed by atoms with Crippen molar-refractivity contribution in [1.29, 1.82) is 0 Å². The zero-order valence-corrected chi connectivity index (χ0v) is 11.2. The average Bonchev–Trinajstić information content (AvgIpc) is 2.79. The molecular formula is C14H16F5N. The van der Waals surface area contributed by atoms with Crippen LogP contribution in [-0.2, 0) is 0 Å². The Bertz CT molecular complexity index is 488. The molecule has 0 aliphatic heterocycles. The molecule has 1 aliphatic rings. The third-order valence-corrected chi connectivity index (χ3v) is 4.29. The Labute approximate surface area is 114 Å². The van der Waals surface area contributed by atoms with E-state index in [0.717, 1.165) is 12.8 Å². The van der Waals surface area contributed by atoms with Crippen LogP contribution in [0.25, 0.3) is 0 Å². The fraction of sp³-hybridized carbons (Fsp3) is 0.571. The van der Waals surface area contributed by atoms with Crippen molar-refractivity contribution in [2.45, 2.75) is 39.2 Å². The van der Waals surface area contributed by atoms with E-state index in [1.54, 1.807) is 0 Å². The predicted molar refractivity (Wildman–Crippen MR) is 65.8 cm³/mol. The molecule has 1 aliphatic carbocycles. The number of hydrogen-bond acceptors (Lipinski definition) is 1. The summed E-state index contributed by atoms with van der Waals surface area (Å²) < 4.78 is 66.3. The number of nitrogens with one attached hydrogen (secondary N) is 1. The topological polar surface area (TPSA) is 12.0 Å². The summed E-state index contributed by atoms with van der Waals surface area (Å²) in [5, 5.41) is 2.50. The Morgan fingerprint density at radius 1 is 0.900 bits per heavy atom. The molecule has 0 heterocycles. The second-order valence-corrected chi connectivity index (χ2v) is 5.30. The summed E-state index contributed by atoms with van der Waals surface area (Å²) in [5.74, 6) is -9.03. The molecule has 3 unspecified atom stereocenters. The minimum Gasteiger partial charge on any atom is -0.377 e. The van der Waals surface area contributed by atoms with E-state index < -0.39 is 34.8 Å². The Hall–Kier alpha value is -1.33. The van der Waals surface area contributed by atoms with Gasteiger partial charge in [-0.25, -0.2) is 22.0 Å². The number of hydrogen-bond donors (Lipinski definition) is 1. The van der Waals surface area contributed by atoms with Crippen LogP contribution in [0.3, 0.4) is 0 Å². The molecule has 112 valence electrons. The number of halogens is 5. The van der Waals surface area contributed by atoms with Gasteiger partial charge in [0.15, 0.2) is 23.3 Å². The van der Waals surface area contributed by atoms with Crippen LogP contribution in [0.2, 0.25) is 0 Å². The molecule has 1 N–H and O–H groups in total. The van der Waals surface area contributed by atoms with Crippen LogP contribution in [0.15, 0.2) is 0 Å². The smallest absolute Gasteiger partial charge is 0.200 e. The zero-order chi connectivity index (χ0) is 15.0. The van der Waals surface area contributed by atoms with E-state index in [1.807, 2.05) is 13.8 Å². The van der Waals surface area contributed by atoms with Gasteiger partial charge in [0, 0.05) is 6.04 Å². The summed E-state index contributed by atoms with van der Waals surface area (Å²) in [6.07, 6.45) is 2.46. The van der Waals surface area contributed by atoms with Crippen molar-refractivity contribution in [3.8, 4) is 0 Å². The van der Waals surface area contributed by atoms with Gasteiger partial charge in [-0.1, -0.05) is 20.3 Å². The lowest BCUT2D eigenvalue weighted by Gasteiger charge is -2.22. The third kappa shape index (κ3) is 2.36. The quantitative estimate of drug-likeness (QED) is 0.487. The number of rotatable bonds is 3. The minimum atomic E-state index is -2.13. The van der Waals surface area contributed by atoms with E-state index in [-0.39, 0.29) is 12.0 Å². The summed E-state index contributed by atoms with van der Waals surface area (Å²) in [6, 6.07) is -0.284. The SMILES string of the molecule is CCC1CCC(Nc2c(F)c(F)c(F)c(F)c2F)C1C. The molecule has 1 fully saturated rings. The van der Waals surface area contributed by atoms with Gasteiger partial charge >= 0.3 is 0 Å². The van der Waals surface area contributed by atoms with Crippen LogP contribution in [0.5, 0.6) is 0 Å².